The van der Waals surface area contributed by atoms with Crippen molar-refractivity contribution in [2.45, 2.75) is 57.7 Å². The topological polar surface area (TPSA) is 58.6 Å². The highest BCUT2D eigenvalue weighted by molar-refractivity contribution is 9.10. The first-order valence-electron chi connectivity index (χ1n) is 10.8. The highest BCUT2D eigenvalue weighted by Crippen LogP contribution is 2.28. The molecule has 1 aliphatic carbocycles. The fourth-order valence-corrected chi connectivity index (χ4v) is 4.74. The van der Waals surface area contributed by atoms with E-state index in [1.165, 1.54) is 0 Å². The third kappa shape index (κ3) is 6.87. The van der Waals surface area contributed by atoms with Gasteiger partial charge in [-0.05, 0) is 55.2 Å². The van der Waals surface area contributed by atoms with E-state index in [0.29, 0.717) is 22.2 Å². The van der Waals surface area contributed by atoms with Crippen molar-refractivity contribution in [2.24, 2.45) is 0 Å². The second kappa shape index (κ2) is 11.9. The molecule has 0 bridgehead atoms. The molecule has 0 radical (unpaired) electrons. The lowest BCUT2D eigenvalue weighted by Crippen LogP contribution is -2.52. The van der Waals surface area contributed by atoms with Crippen molar-refractivity contribution in [1.29, 1.82) is 0 Å². The molecule has 1 fully saturated rings. The zero-order valence-electron chi connectivity index (χ0n) is 18.0. The van der Waals surface area contributed by atoms with Gasteiger partial charge in [0.05, 0.1) is 5.02 Å². The standard InChI is InChI=1S/C24H27BrCl2N2O3/c1-2-21(24(31)28-19-5-3-4-6-19)29(14-16-7-10-18(26)11-8-16)23(30)15-32-22-12-9-17(25)13-20(22)27/h7-13,19,21H,2-6,14-15H2,1H3,(H,28,31)/t21-/m1/s1. The molecular weight excluding hydrogens is 515 g/mol. The fourth-order valence-electron chi connectivity index (χ4n) is 3.89. The van der Waals surface area contributed by atoms with Gasteiger partial charge in [-0.2, -0.15) is 0 Å². The minimum Gasteiger partial charge on any atom is -0.482 e. The van der Waals surface area contributed by atoms with Gasteiger partial charge in [-0.3, -0.25) is 9.59 Å². The number of halogens is 3. The quantitative estimate of drug-likeness (QED) is 0.423. The van der Waals surface area contributed by atoms with Crippen molar-refractivity contribution in [3.05, 3.63) is 62.5 Å². The molecule has 1 atom stereocenters. The number of nitrogens with one attached hydrogen (secondary N) is 1. The Kier molecular flexibility index (Phi) is 9.26. The van der Waals surface area contributed by atoms with Gasteiger partial charge in [-0.1, -0.05) is 71.0 Å². The summed E-state index contributed by atoms with van der Waals surface area (Å²) in [6, 6.07) is 12.1. The van der Waals surface area contributed by atoms with Crippen LogP contribution in [-0.4, -0.2) is 35.4 Å². The van der Waals surface area contributed by atoms with Crippen LogP contribution in [-0.2, 0) is 16.1 Å². The third-order valence-corrected chi connectivity index (χ3v) is 6.64. The molecule has 2 aromatic rings. The number of rotatable bonds is 9. The Balaban J connectivity index is 1.76. The number of carbonyl (C=O) groups excluding carboxylic acids is 2. The van der Waals surface area contributed by atoms with Gasteiger partial charge >= 0.3 is 0 Å². The molecule has 0 unspecified atom stereocenters. The van der Waals surface area contributed by atoms with Crippen LogP contribution in [0.5, 0.6) is 5.75 Å². The number of amides is 2. The van der Waals surface area contributed by atoms with Gasteiger partial charge in [-0.15, -0.1) is 0 Å². The summed E-state index contributed by atoms with van der Waals surface area (Å²) in [4.78, 5) is 27.9. The molecule has 1 saturated carbocycles. The van der Waals surface area contributed by atoms with Crippen LogP contribution in [0.2, 0.25) is 10.0 Å². The number of hydrogen-bond acceptors (Lipinski definition) is 3. The number of carbonyl (C=O) groups is 2. The van der Waals surface area contributed by atoms with Crippen molar-refractivity contribution in [3.63, 3.8) is 0 Å². The predicted molar refractivity (Wildman–Crippen MR) is 131 cm³/mol. The summed E-state index contributed by atoms with van der Waals surface area (Å²) in [5, 5.41) is 4.15. The first kappa shape index (κ1) is 24.9. The van der Waals surface area contributed by atoms with Crippen molar-refractivity contribution >= 4 is 50.9 Å². The van der Waals surface area contributed by atoms with E-state index in [2.05, 4.69) is 21.2 Å². The lowest BCUT2D eigenvalue weighted by atomic mass is 10.1. The number of benzene rings is 2. The molecule has 172 valence electrons. The Morgan fingerprint density at radius 2 is 1.84 bits per heavy atom. The van der Waals surface area contributed by atoms with Crippen molar-refractivity contribution in [3.8, 4) is 5.75 Å². The fraction of sp³-hybridized carbons (Fsp3) is 0.417. The van der Waals surface area contributed by atoms with Crippen LogP contribution in [0.3, 0.4) is 0 Å². The van der Waals surface area contributed by atoms with Gasteiger partial charge < -0.3 is 15.0 Å². The van der Waals surface area contributed by atoms with E-state index in [9.17, 15) is 9.59 Å². The molecule has 0 aliphatic heterocycles. The zero-order chi connectivity index (χ0) is 23.1. The van der Waals surface area contributed by atoms with Crippen molar-refractivity contribution < 1.29 is 14.3 Å². The maximum atomic E-state index is 13.3. The Labute approximate surface area is 207 Å². The summed E-state index contributed by atoms with van der Waals surface area (Å²) in [5.74, 6) is 0.00820. The smallest absolute Gasteiger partial charge is 0.261 e. The molecule has 32 heavy (non-hydrogen) atoms. The van der Waals surface area contributed by atoms with Crippen LogP contribution < -0.4 is 10.1 Å². The number of ether oxygens (including phenoxy) is 1. The Morgan fingerprint density at radius 1 is 1.16 bits per heavy atom. The van der Waals surface area contributed by atoms with Gasteiger partial charge in [0.2, 0.25) is 5.91 Å². The van der Waals surface area contributed by atoms with E-state index in [1.54, 1.807) is 35.2 Å². The highest BCUT2D eigenvalue weighted by Gasteiger charge is 2.31. The van der Waals surface area contributed by atoms with Crippen LogP contribution in [0.4, 0.5) is 0 Å². The van der Waals surface area contributed by atoms with Gasteiger partial charge in [0.15, 0.2) is 6.61 Å². The summed E-state index contributed by atoms with van der Waals surface area (Å²) in [6.45, 7) is 1.97. The first-order chi connectivity index (χ1) is 15.4. The van der Waals surface area contributed by atoms with Crippen LogP contribution in [0.25, 0.3) is 0 Å². The highest BCUT2D eigenvalue weighted by atomic mass is 79.9. The minimum absolute atomic E-state index is 0.122. The lowest BCUT2D eigenvalue weighted by molar-refractivity contribution is -0.143. The van der Waals surface area contributed by atoms with E-state index in [4.69, 9.17) is 27.9 Å². The van der Waals surface area contributed by atoms with Crippen LogP contribution in [0.1, 0.15) is 44.6 Å². The summed E-state index contributed by atoms with van der Waals surface area (Å²) in [7, 11) is 0. The molecule has 5 nitrogen and oxygen atoms in total. The van der Waals surface area contributed by atoms with Gasteiger partial charge in [0.1, 0.15) is 11.8 Å². The largest absolute Gasteiger partial charge is 0.482 e. The van der Waals surface area contributed by atoms with Crippen molar-refractivity contribution in [2.75, 3.05) is 6.61 Å². The summed E-state index contributed by atoms with van der Waals surface area (Å²) >= 11 is 15.6. The SMILES string of the molecule is CC[C@H](C(=O)NC1CCCC1)N(Cc1ccc(Cl)cc1)C(=O)COc1ccc(Br)cc1Cl. The van der Waals surface area contributed by atoms with E-state index in [0.717, 1.165) is 35.7 Å². The second-order valence-corrected chi connectivity index (χ2v) is 9.68. The molecule has 8 heteroatoms. The van der Waals surface area contributed by atoms with Crippen LogP contribution in [0.15, 0.2) is 46.9 Å². The van der Waals surface area contributed by atoms with Crippen LogP contribution in [0, 0.1) is 0 Å². The van der Waals surface area contributed by atoms with E-state index in [1.807, 2.05) is 19.1 Å². The van der Waals surface area contributed by atoms with Gasteiger partial charge in [-0.25, -0.2) is 0 Å². The summed E-state index contributed by atoms with van der Waals surface area (Å²) in [6.07, 6.45) is 4.71. The van der Waals surface area contributed by atoms with Crippen LogP contribution >= 0.6 is 39.1 Å². The predicted octanol–water partition coefficient (Wildman–Crippen LogP) is 6.00. The average molecular weight is 542 g/mol. The lowest BCUT2D eigenvalue weighted by Gasteiger charge is -2.31. The molecule has 2 amide bonds. The number of nitrogens with zero attached hydrogens (tertiary/aromatic N) is 1. The molecule has 0 saturated heterocycles. The molecule has 3 rings (SSSR count). The molecule has 1 aliphatic rings. The van der Waals surface area contributed by atoms with Gasteiger partial charge in [0.25, 0.3) is 5.91 Å². The van der Waals surface area contributed by atoms with Gasteiger partial charge in [0, 0.05) is 22.1 Å². The van der Waals surface area contributed by atoms with E-state index < -0.39 is 6.04 Å². The van der Waals surface area contributed by atoms with E-state index >= 15 is 0 Å². The summed E-state index contributed by atoms with van der Waals surface area (Å²) in [5.41, 5.74) is 0.886. The van der Waals surface area contributed by atoms with Crippen molar-refractivity contribution in [1.82, 2.24) is 10.2 Å². The Morgan fingerprint density at radius 3 is 2.47 bits per heavy atom. The molecular formula is C24H27BrCl2N2O3. The van der Waals surface area contributed by atoms with E-state index in [-0.39, 0.29) is 31.0 Å². The average Bonchev–Trinajstić information content (AvgIpc) is 3.27. The Hall–Kier alpha value is -1.76. The number of hydrogen-bond donors (Lipinski definition) is 1. The molecule has 0 heterocycles. The zero-order valence-corrected chi connectivity index (χ0v) is 21.0. The monoisotopic (exact) mass is 540 g/mol. The summed E-state index contributed by atoms with van der Waals surface area (Å²) < 4.78 is 6.52. The molecule has 1 N–H and O–H groups in total. The molecule has 0 aromatic heterocycles. The maximum Gasteiger partial charge on any atom is 0.261 e. The molecule has 0 spiro atoms. The Bertz CT molecular complexity index is 933. The maximum absolute atomic E-state index is 13.3. The third-order valence-electron chi connectivity index (χ3n) is 5.60. The minimum atomic E-state index is -0.595. The normalized spacial score (nSPS) is 14.8. The molecule has 2 aromatic carbocycles. The second-order valence-electron chi connectivity index (χ2n) is 7.93. The first-order valence-corrected chi connectivity index (χ1v) is 12.3.